The molecule has 7 heteroatoms. The van der Waals surface area contributed by atoms with Crippen LogP contribution in [0, 0.1) is 0 Å². The Morgan fingerprint density at radius 2 is 2.30 bits per heavy atom. The lowest BCUT2D eigenvalue weighted by Crippen LogP contribution is -2.26. The number of benzene rings is 1. The third-order valence-electron chi connectivity index (χ3n) is 2.88. The van der Waals surface area contributed by atoms with E-state index < -0.39 is 11.6 Å². The van der Waals surface area contributed by atoms with E-state index in [4.69, 9.17) is 4.74 Å². The van der Waals surface area contributed by atoms with E-state index in [0.717, 1.165) is 0 Å². The van der Waals surface area contributed by atoms with Crippen LogP contribution < -0.4 is 0 Å². The first-order valence-corrected chi connectivity index (χ1v) is 6.25. The van der Waals surface area contributed by atoms with Gasteiger partial charge in [0.2, 0.25) is 0 Å². The van der Waals surface area contributed by atoms with Crippen molar-refractivity contribution in [3.63, 3.8) is 0 Å². The van der Waals surface area contributed by atoms with E-state index in [1.54, 1.807) is 38.1 Å². The normalized spacial score (nSPS) is 13.8. The van der Waals surface area contributed by atoms with Crippen LogP contribution in [0.1, 0.15) is 25.8 Å². The van der Waals surface area contributed by atoms with Crippen LogP contribution in [0.2, 0.25) is 0 Å². The van der Waals surface area contributed by atoms with Crippen molar-refractivity contribution in [2.75, 3.05) is 6.61 Å². The van der Waals surface area contributed by atoms with Gasteiger partial charge in [0.05, 0.1) is 24.3 Å². The smallest absolute Gasteiger partial charge is 0.309 e. The number of aromatic nitrogens is 4. The highest BCUT2D eigenvalue weighted by Gasteiger charge is 2.27. The molecule has 7 nitrogen and oxygen atoms in total. The molecule has 20 heavy (non-hydrogen) atoms. The predicted molar refractivity (Wildman–Crippen MR) is 70.0 cm³/mol. The number of hydrogen-bond acceptors (Lipinski definition) is 6. The van der Waals surface area contributed by atoms with Crippen LogP contribution in [-0.4, -0.2) is 37.9 Å². The summed E-state index contributed by atoms with van der Waals surface area (Å²) in [5.74, 6) is -0.440. The molecule has 2 rings (SSSR count). The van der Waals surface area contributed by atoms with Gasteiger partial charge in [-0.15, -0.1) is 5.10 Å². The average Bonchev–Trinajstić information content (AvgIpc) is 2.92. The second-order valence-corrected chi connectivity index (χ2v) is 4.56. The van der Waals surface area contributed by atoms with Crippen molar-refractivity contribution < 1.29 is 14.6 Å². The summed E-state index contributed by atoms with van der Waals surface area (Å²) >= 11 is 0. The predicted octanol–water partition coefficient (Wildman–Crippen LogP) is 0.823. The average molecular weight is 276 g/mol. The Morgan fingerprint density at radius 3 is 2.95 bits per heavy atom. The monoisotopic (exact) mass is 276 g/mol. The van der Waals surface area contributed by atoms with Gasteiger partial charge in [0.15, 0.2) is 0 Å². The topological polar surface area (TPSA) is 90.1 Å². The first-order chi connectivity index (χ1) is 9.53. The van der Waals surface area contributed by atoms with Gasteiger partial charge >= 0.3 is 5.97 Å². The first-order valence-electron chi connectivity index (χ1n) is 6.25. The van der Waals surface area contributed by atoms with Crippen molar-refractivity contribution in [3.05, 3.63) is 36.2 Å². The van der Waals surface area contributed by atoms with Gasteiger partial charge in [0.25, 0.3) is 0 Å². The van der Waals surface area contributed by atoms with Crippen LogP contribution in [0.5, 0.6) is 0 Å². The summed E-state index contributed by atoms with van der Waals surface area (Å²) in [5, 5.41) is 21.3. The highest BCUT2D eigenvalue weighted by Crippen LogP contribution is 2.26. The Morgan fingerprint density at radius 1 is 1.50 bits per heavy atom. The number of carbonyl (C=O) groups excluding carboxylic acids is 1. The van der Waals surface area contributed by atoms with Crippen molar-refractivity contribution in [3.8, 4) is 5.69 Å². The third kappa shape index (κ3) is 3.18. The minimum absolute atomic E-state index is 0.111. The van der Waals surface area contributed by atoms with Crippen molar-refractivity contribution >= 4 is 5.97 Å². The fourth-order valence-electron chi connectivity index (χ4n) is 1.86. The zero-order chi connectivity index (χ0) is 14.6. The number of esters is 1. The molecule has 0 aliphatic rings. The maximum absolute atomic E-state index is 11.5. The number of carbonyl (C=O) groups is 1. The number of aliphatic hydroxyl groups is 1. The van der Waals surface area contributed by atoms with Crippen LogP contribution >= 0.6 is 0 Å². The second-order valence-electron chi connectivity index (χ2n) is 4.56. The van der Waals surface area contributed by atoms with Crippen LogP contribution in [0.25, 0.3) is 5.69 Å². The van der Waals surface area contributed by atoms with E-state index in [2.05, 4.69) is 15.5 Å². The summed E-state index contributed by atoms with van der Waals surface area (Å²) in [6.07, 6.45) is 1.35. The molecule has 0 bridgehead atoms. The first kappa shape index (κ1) is 14.1. The molecule has 0 aliphatic heterocycles. The third-order valence-corrected chi connectivity index (χ3v) is 2.88. The fraction of sp³-hybridized carbons (Fsp3) is 0.385. The van der Waals surface area contributed by atoms with Gasteiger partial charge in [-0.3, -0.25) is 4.79 Å². The minimum Gasteiger partial charge on any atom is -0.466 e. The summed E-state index contributed by atoms with van der Waals surface area (Å²) in [7, 11) is 0. The SMILES string of the molecule is CCOC(=O)CC(C)(O)c1cccc(-n2cnnn2)c1. The molecule has 1 atom stereocenters. The molecule has 0 amide bonds. The molecule has 0 fully saturated rings. The van der Waals surface area contributed by atoms with Gasteiger partial charge in [0, 0.05) is 0 Å². The number of rotatable bonds is 5. The molecule has 0 aliphatic carbocycles. The maximum Gasteiger partial charge on any atom is 0.309 e. The van der Waals surface area contributed by atoms with Crippen molar-refractivity contribution in [2.45, 2.75) is 25.9 Å². The number of tetrazole rings is 1. The van der Waals surface area contributed by atoms with Gasteiger partial charge in [-0.25, -0.2) is 4.68 Å². The van der Waals surface area contributed by atoms with E-state index in [0.29, 0.717) is 17.9 Å². The Kier molecular flexibility index (Phi) is 4.09. The molecule has 2 aromatic rings. The fourth-order valence-corrected chi connectivity index (χ4v) is 1.86. The standard InChI is InChI=1S/C13H16N4O3/c1-3-20-12(18)8-13(2,19)10-5-4-6-11(7-10)17-9-14-15-16-17/h4-7,9,19H,3,8H2,1-2H3. The minimum atomic E-state index is -1.31. The molecule has 1 N–H and O–H groups in total. The van der Waals surface area contributed by atoms with Gasteiger partial charge < -0.3 is 9.84 Å². The summed E-state index contributed by atoms with van der Waals surface area (Å²) < 4.78 is 6.34. The quantitative estimate of drug-likeness (QED) is 0.813. The number of nitrogens with zero attached hydrogens (tertiary/aromatic N) is 4. The van der Waals surface area contributed by atoms with Gasteiger partial charge in [0.1, 0.15) is 6.33 Å². The molecule has 0 spiro atoms. The molecule has 1 aromatic carbocycles. The van der Waals surface area contributed by atoms with E-state index in [1.165, 1.54) is 11.0 Å². The van der Waals surface area contributed by atoms with Gasteiger partial charge in [-0.05, 0) is 42.0 Å². The number of hydrogen-bond donors (Lipinski definition) is 1. The molecule has 1 aromatic heterocycles. The lowest BCUT2D eigenvalue weighted by Gasteiger charge is -2.23. The van der Waals surface area contributed by atoms with Crippen LogP contribution in [0.15, 0.2) is 30.6 Å². The zero-order valence-electron chi connectivity index (χ0n) is 11.4. The molecule has 0 saturated carbocycles. The second kappa shape index (κ2) is 5.79. The van der Waals surface area contributed by atoms with E-state index in [9.17, 15) is 9.90 Å². The molecule has 0 saturated heterocycles. The number of ether oxygens (including phenoxy) is 1. The van der Waals surface area contributed by atoms with Crippen molar-refractivity contribution in [1.29, 1.82) is 0 Å². The molecule has 0 radical (unpaired) electrons. The van der Waals surface area contributed by atoms with Gasteiger partial charge in [-0.2, -0.15) is 0 Å². The molecule has 1 heterocycles. The van der Waals surface area contributed by atoms with E-state index >= 15 is 0 Å². The molecule has 106 valence electrons. The van der Waals surface area contributed by atoms with Crippen molar-refractivity contribution in [1.82, 2.24) is 20.2 Å². The Labute approximate surface area is 116 Å². The molecular weight excluding hydrogens is 260 g/mol. The summed E-state index contributed by atoms with van der Waals surface area (Å²) in [5.41, 5.74) is -0.00815. The van der Waals surface area contributed by atoms with E-state index in [-0.39, 0.29) is 6.42 Å². The van der Waals surface area contributed by atoms with Gasteiger partial charge in [-0.1, -0.05) is 12.1 Å². The lowest BCUT2D eigenvalue weighted by atomic mass is 9.92. The Bertz CT molecular complexity index is 581. The zero-order valence-corrected chi connectivity index (χ0v) is 11.4. The van der Waals surface area contributed by atoms with Crippen molar-refractivity contribution in [2.24, 2.45) is 0 Å². The summed E-state index contributed by atoms with van der Waals surface area (Å²) in [6, 6.07) is 7.05. The maximum atomic E-state index is 11.5. The Balaban J connectivity index is 2.23. The Hall–Kier alpha value is -2.28. The highest BCUT2D eigenvalue weighted by molar-refractivity contribution is 5.71. The summed E-state index contributed by atoms with van der Waals surface area (Å²) in [6.45, 7) is 3.59. The summed E-state index contributed by atoms with van der Waals surface area (Å²) in [4.78, 5) is 11.5. The lowest BCUT2D eigenvalue weighted by molar-refractivity contribution is -0.148. The highest BCUT2D eigenvalue weighted by atomic mass is 16.5. The largest absolute Gasteiger partial charge is 0.466 e. The van der Waals surface area contributed by atoms with Crippen LogP contribution in [0.4, 0.5) is 0 Å². The van der Waals surface area contributed by atoms with Crippen LogP contribution in [-0.2, 0) is 15.1 Å². The van der Waals surface area contributed by atoms with Crippen LogP contribution in [0.3, 0.4) is 0 Å². The molecular formula is C13H16N4O3. The molecule has 1 unspecified atom stereocenters. The van der Waals surface area contributed by atoms with E-state index in [1.807, 2.05) is 0 Å².